The standard InChI is InChI=1S/C15H32N2O3/c1-13(18)17-10-7-11-19-14(2,3)8-9-15(4,5)20-12-16-6/h16H,7-12H2,1-6H3,(H,17,18). The van der Waals surface area contributed by atoms with Gasteiger partial charge in [0.2, 0.25) is 5.91 Å². The van der Waals surface area contributed by atoms with Crippen molar-refractivity contribution in [1.82, 2.24) is 10.6 Å². The summed E-state index contributed by atoms with van der Waals surface area (Å²) < 4.78 is 11.6. The van der Waals surface area contributed by atoms with Gasteiger partial charge >= 0.3 is 0 Å². The van der Waals surface area contributed by atoms with E-state index in [9.17, 15) is 4.79 Å². The van der Waals surface area contributed by atoms with Crippen molar-refractivity contribution in [2.24, 2.45) is 0 Å². The number of hydrogen-bond acceptors (Lipinski definition) is 4. The first-order chi connectivity index (χ1) is 9.18. The quantitative estimate of drug-likeness (QED) is 0.451. The second-order valence-electron chi connectivity index (χ2n) is 6.35. The third-order valence-corrected chi connectivity index (χ3v) is 3.12. The van der Waals surface area contributed by atoms with Gasteiger partial charge < -0.3 is 14.8 Å². The van der Waals surface area contributed by atoms with Gasteiger partial charge in [-0.2, -0.15) is 0 Å². The summed E-state index contributed by atoms with van der Waals surface area (Å²) in [5.41, 5.74) is -0.323. The largest absolute Gasteiger partial charge is 0.376 e. The maximum Gasteiger partial charge on any atom is 0.216 e. The molecule has 0 atom stereocenters. The van der Waals surface area contributed by atoms with Crippen LogP contribution in [0.25, 0.3) is 0 Å². The molecule has 0 heterocycles. The Morgan fingerprint density at radius 2 is 1.60 bits per heavy atom. The lowest BCUT2D eigenvalue weighted by molar-refractivity contribution is -0.119. The van der Waals surface area contributed by atoms with Crippen LogP contribution in [-0.4, -0.2) is 44.0 Å². The average molecular weight is 288 g/mol. The summed E-state index contributed by atoms with van der Waals surface area (Å²) in [5, 5.41) is 5.76. The first-order valence-electron chi connectivity index (χ1n) is 7.35. The SMILES string of the molecule is CNCOC(C)(C)CCC(C)(C)OCCCNC(C)=O. The normalized spacial score (nSPS) is 12.5. The Morgan fingerprint density at radius 3 is 2.10 bits per heavy atom. The van der Waals surface area contributed by atoms with Gasteiger partial charge in [0.25, 0.3) is 0 Å². The van der Waals surface area contributed by atoms with Crippen molar-refractivity contribution in [2.45, 2.75) is 65.1 Å². The van der Waals surface area contributed by atoms with Gasteiger partial charge in [0.15, 0.2) is 0 Å². The van der Waals surface area contributed by atoms with E-state index in [0.29, 0.717) is 19.9 Å². The monoisotopic (exact) mass is 288 g/mol. The lowest BCUT2D eigenvalue weighted by Gasteiger charge is -2.31. The summed E-state index contributed by atoms with van der Waals surface area (Å²) in [7, 11) is 1.87. The van der Waals surface area contributed by atoms with Crippen molar-refractivity contribution < 1.29 is 14.3 Å². The van der Waals surface area contributed by atoms with Crippen LogP contribution in [0.1, 0.15) is 53.9 Å². The van der Waals surface area contributed by atoms with Crippen LogP contribution < -0.4 is 10.6 Å². The topological polar surface area (TPSA) is 59.6 Å². The fourth-order valence-electron chi connectivity index (χ4n) is 1.70. The van der Waals surface area contributed by atoms with Gasteiger partial charge in [-0.1, -0.05) is 0 Å². The molecule has 0 saturated heterocycles. The molecule has 20 heavy (non-hydrogen) atoms. The number of hydrogen-bond donors (Lipinski definition) is 2. The van der Waals surface area contributed by atoms with Crippen molar-refractivity contribution in [1.29, 1.82) is 0 Å². The maximum absolute atomic E-state index is 10.7. The summed E-state index contributed by atoms with van der Waals surface area (Å²) in [6.07, 6.45) is 2.71. The zero-order valence-electron chi connectivity index (χ0n) is 14.0. The van der Waals surface area contributed by atoms with E-state index in [2.05, 4.69) is 38.3 Å². The number of ether oxygens (including phenoxy) is 2. The summed E-state index contributed by atoms with van der Waals surface area (Å²) in [4.78, 5) is 10.7. The number of amides is 1. The molecular weight excluding hydrogens is 256 g/mol. The van der Waals surface area contributed by atoms with E-state index in [1.165, 1.54) is 6.92 Å². The van der Waals surface area contributed by atoms with E-state index >= 15 is 0 Å². The highest BCUT2D eigenvalue weighted by Crippen LogP contribution is 2.24. The second kappa shape index (κ2) is 9.32. The number of nitrogens with one attached hydrogen (secondary N) is 2. The molecule has 0 aromatic rings. The molecule has 0 aromatic heterocycles. The summed E-state index contributed by atoms with van der Waals surface area (Å²) in [5.74, 6) is 0.00712. The predicted octanol–water partition coefficient (Wildman–Crippen LogP) is 2.06. The Hall–Kier alpha value is -0.650. The van der Waals surface area contributed by atoms with Gasteiger partial charge in [-0.25, -0.2) is 0 Å². The molecule has 120 valence electrons. The smallest absolute Gasteiger partial charge is 0.216 e. The molecule has 0 rings (SSSR count). The summed E-state index contributed by atoms with van der Waals surface area (Å²) >= 11 is 0. The summed E-state index contributed by atoms with van der Waals surface area (Å²) in [6, 6.07) is 0. The van der Waals surface area contributed by atoms with E-state index in [-0.39, 0.29) is 17.1 Å². The third kappa shape index (κ3) is 11.2. The van der Waals surface area contributed by atoms with Gasteiger partial charge in [-0.15, -0.1) is 0 Å². The minimum absolute atomic E-state index is 0.00712. The number of rotatable bonds is 11. The molecule has 0 aliphatic heterocycles. The first-order valence-corrected chi connectivity index (χ1v) is 7.35. The van der Waals surface area contributed by atoms with Gasteiger partial charge in [0.1, 0.15) is 0 Å². The van der Waals surface area contributed by atoms with Crippen LogP contribution in [0.3, 0.4) is 0 Å². The number of carbonyl (C=O) groups excluding carboxylic acids is 1. The van der Waals surface area contributed by atoms with E-state index in [4.69, 9.17) is 9.47 Å². The zero-order chi connectivity index (χ0) is 15.6. The van der Waals surface area contributed by atoms with Crippen LogP contribution in [0.2, 0.25) is 0 Å². The molecular formula is C15H32N2O3. The van der Waals surface area contributed by atoms with Crippen LogP contribution in [0.15, 0.2) is 0 Å². The molecule has 5 heteroatoms. The molecule has 0 unspecified atom stereocenters. The van der Waals surface area contributed by atoms with E-state index < -0.39 is 0 Å². The van der Waals surface area contributed by atoms with Crippen molar-refractivity contribution in [3.8, 4) is 0 Å². The fraction of sp³-hybridized carbons (Fsp3) is 0.933. The van der Waals surface area contributed by atoms with Gasteiger partial charge in [-0.3, -0.25) is 10.1 Å². The molecule has 0 spiro atoms. The van der Waals surface area contributed by atoms with Crippen molar-refractivity contribution in [2.75, 3.05) is 26.9 Å². The Balaban J connectivity index is 3.85. The van der Waals surface area contributed by atoms with Crippen molar-refractivity contribution in [3.05, 3.63) is 0 Å². The average Bonchev–Trinajstić information content (AvgIpc) is 2.34. The molecule has 0 saturated carbocycles. The van der Waals surface area contributed by atoms with Crippen molar-refractivity contribution in [3.63, 3.8) is 0 Å². The van der Waals surface area contributed by atoms with E-state index in [0.717, 1.165) is 19.3 Å². The van der Waals surface area contributed by atoms with Gasteiger partial charge in [-0.05, 0) is 54.0 Å². The highest BCUT2D eigenvalue weighted by Gasteiger charge is 2.25. The molecule has 0 aromatic carbocycles. The Morgan fingerprint density at radius 1 is 1.05 bits per heavy atom. The van der Waals surface area contributed by atoms with Crippen LogP contribution in [0, 0.1) is 0 Å². The second-order valence-corrected chi connectivity index (χ2v) is 6.35. The Labute approximate surface area is 123 Å². The predicted molar refractivity (Wildman–Crippen MR) is 81.7 cm³/mol. The Bertz CT molecular complexity index is 278. The maximum atomic E-state index is 10.7. The van der Waals surface area contributed by atoms with Crippen LogP contribution in [0.4, 0.5) is 0 Å². The Kier molecular flexibility index (Phi) is 9.01. The minimum Gasteiger partial charge on any atom is -0.376 e. The highest BCUT2D eigenvalue weighted by atomic mass is 16.5. The molecule has 0 aliphatic carbocycles. The molecule has 1 amide bonds. The molecule has 0 radical (unpaired) electrons. The minimum atomic E-state index is -0.170. The third-order valence-electron chi connectivity index (χ3n) is 3.12. The van der Waals surface area contributed by atoms with Crippen molar-refractivity contribution >= 4 is 5.91 Å². The fourth-order valence-corrected chi connectivity index (χ4v) is 1.70. The molecule has 2 N–H and O–H groups in total. The number of carbonyl (C=O) groups is 1. The summed E-state index contributed by atoms with van der Waals surface area (Å²) in [6.45, 7) is 11.8. The molecule has 0 bridgehead atoms. The van der Waals surface area contributed by atoms with Gasteiger partial charge in [0.05, 0.1) is 17.9 Å². The van der Waals surface area contributed by atoms with Crippen LogP contribution >= 0.6 is 0 Å². The first kappa shape index (κ1) is 19.4. The lowest BCUT2D eigenvalue weighted by Crippen LogP contribution is -2.34. The van der Waals surface area contributed by atoms with Gasteiger partial charge in [0, 0.05) is 20.1 Å². The highest BCUT2D eigenvalue weighted by molar-refractivity contribution is 5.72. The molecule has 0 fully saturated rings. The van der Waals surface area contributed by atoms with E-state index in [1.807, 2.05) is 7.05 Å². The zero-order valence-corrected chi connectivity index (χ0v) is 14.0. The lowest BCUT2D eigenvalue weighted by atomic mass is 9.94. The van der Waals surface area contributed by atoms with E-state index in [1.54, 1.807) is 0 Å². The van der Waals surface area contributed by atoms with Crippen LogP contribution in [0.5, 0.6) is 0 Å². The molecule has 0 aliphatic rings. The molecule has 5 nitrogen and oxygen atoms in total. The van der Waals surface area contributed by atoms with Crippen LogP contribution in [-0.2, 0) is 14.3 Å².